The Kier molecular flexibility index (Phi) is 10.0. The lowest BCUT2D eigenvalue weighted by atomic mass is 9.77. The zero-order valence-corrected chi connectivity index (χ0v) is 21.2. The molecule has 200 valence electrons. The van der Waals surface area contributed by atoms with E-state index in [1.165, 1.54) is 12.3 Å². The average Bonchev–Trinajstić information content (AvgIpc) is 3.30. The van der Waals surface area contributed by atoms with Gasteiger partial charge < -0.3 is 19.2 Å². The van der Waals surface area contributed by atoms with Gasteiger partial charge >= 0.3 is 0 Å². The summed E-state index contributed by atoms with van der Waals surface area (Å²) < 4.78 is 44.4. The van der Waals surface area contributed by atoms with Crippen LogP contribution in [-0.4, -0.2) is 65.4 Å². The van der Waals surface area contributed by atoms with E-state index in [4.69, 9.17) is 14.2 Å². The molecule has 1 aliphatic rings. The summed E-state index contributed by atoms with van der Waals surface area (Å²) in [6.07, 6.45) is 8.67. The number of fused-ring (bicyclic) bond motifs is 1. The summed E-state index contributed by atoms with van der Waals surface area (Å²) in [5, 5.41) is 0.549. The van der Waals surface area contributed by atoms with Crippen molar-refractivity contribution in [3.63, 3.8) is 0 Å². The number of aromatic nitrogens is 4. The molecule has 4 rings (SSSR count). The second-order valence-electron chi connectivity index (χ2n) is 9.45. The largest absolute Gasteiger partial charge is 0.379 e. The number of nitrogens with zero attached hydrogens (tertiary/aromatic N) is 3. The molecule has 2 atom stereocenters. The molecule has 0 saturated heterocycles. The van der Waals surface area contributed by atoms with Crippen LogP contribution in [0.4, 0.5) is 8.78 Å². The highest BCUT2D eigenvalue weighted by Gasteiger charge is 2.26. The summed E-state index contributed by atoms with van der Waals surface area (Å²) in [5.41, 5.74) is 1.44. The Hall–Kier alpha value is -2.82. The molecule has 1 saturated carbocycles. The van der Waals surface area contributed by atoms with Crippen molar-refractivity contribution in [1.29, 1.82) is 0 Å². The molecule has 0 amide bonds. The van der Waals surface area contributed by atoms with E-state index < -0.39 is 11.6 Å². The number of hydrogen-bond donors (Lipinski definition) is 1. The summed E-state index contributed by atoms with van der Waals surface area (Å²) in [6, 6.07) is 1.36. The Morgan fingerprint density at radius 2 is 1.84 bits per heavy atom. The van der Waals surface area contributed by atoms with Gasteiger partial charge in [-0.05, 0) is 37.7 Å². The van der Waals surface area contributed by atoms with Crippen LogP contribution in [-0.2, 0) is 25.4 Å². The van der Waals surface area contributed by atoms with Crippen molar-refractivity contribution in [2.75, 3.05) is 39.6 Å². The minimum absolute atomic E-state index is 0.0793. The number of aromatic amines is 1. The van der Waals surface area contributed by atoms with Gasteiger partial charge in [-0.3, -0.25) is 4.79 Å². The van der Waals surface area contributed by atoms with Gasteiger partial charge in [0.1, 0.15) is 18.1 Å². The molecule has 3 aromatic rings. The smallest absolute Gasteiger partial charge is 0.163 e. The number of ketones is 1. The second kappa shape index (κ2) is 13.6. The second-order valence-corrected chi connectivity index (χ2v) is 9.45. The third-order valence-corrected chi connectivity index (χ3v) is 6.66. The Morgan fingerprint density at radius 3 is 2.68 bits per heavy atom. The first kappa shape index (κ1) is 27.2. The lowest BCUT2D eigenvalue weighted by Gasteiger charge is -2.28. The highest BCUT2D eigenvalue weighted by molar-refractivity contribution is 5.91. The number of carbonyl (C=O) groups is 1. The van der Waals surface area contributed by atoms with Crippen molar-refractivity contribution in [3.05, 3.63) is 42.0 Å². The zero-order valence-electron chi connectivity index (χ0n) is 21.2. The summed E-state index contributed by atoms with van der Waals surface area (Å²) in [4.78, 5) is 28.0. The van der Waals surface area contributed by atoms with Crippen molar-refractivity contribution < 1.29 is 27.8 Å². The van der Waals surface area contributed by atoms with Crippen LogP contribution >= 0.6 is 0 Å². The minimum atomic E-state index is -0.463. The number of ether oxygens (including phenoxy) is 3. The fourth-order valence-corrected chi connectivity index (χ4v) is 4.93. The molecule has 0 radical (unpaired) electrons. The lowest BCUT2D eigenvalue weighted by molar-refractivity contribution is -0.125. The van der Waals surface area contributed by atoms with E-state index in [1.807, 2.05) is 6.92 Å². The number of rotatable bonds is 14. The van der Waals surface area contributed by atoms with Crippen LogP contribution in [0.3, 0.4) is 0 Å². The van der Waals surface area contributed by atoms with Crippen LogP contribution in [0.15, 0.2) is 24.7 Å². The van der Waals surface area contributed by atoms with E-state index in [9.17, 15) is 13.6 Å². The van der Waals surface area contributed by atoms with Crippen molar-refractivity contribution >= 4 is 16.8 Å². The maximum absolute atomic E-state index is 14.6. The molecule has 0 aliphatic heterocycles. The summed E-state index contributed by atoms with van der Waals surface area (Å²) >= 11 is 0. The molecule has 10 heteroatoms. The van der Waals surface area contributed by atoms with E-state index in [0.717, 1.165) is 31.9 Å². The monoisotopic (exact) mass is 516 g/mol. The molecule has 0 aromatic carbocycles. The van der Waals surface area contributed by atoms with Crippen molar-refractivity contribution in [3.8, 4) is 11.4 Å². The maximum atomic E-state index is 14.6. The van der Waals surface area contributed by atoms with E-state index in [0.29, 0.717) is 74.0 Å². The Balaban J connectivity index is 1.27. The summed E-state index contributed by atoms with van der Waals surface area (Å²) in [7, 11) is 0. The third kappa shape index (κ3) is 7.83. The molecule has 8 nitrogen and oxygen atoms in total. The summed E-state index contributed by atoms with van der Waals surface area (Å²) in [6.45, 7) is 4.56. The fourth-order valence-electron chi connectivity index (χ4n) is 4.93. The van der Waals surface area contributed by atoms with Gasteiger partial charge in [-0.15, -0.1) is 0 Å². The highest BCUT2D eigenvalue weighted by Crippen LogP contribution is 2.34. The number of carbonyl (C=O) groups excluding carboxylic acids is 1. The molecular weight excluding hydrogens is 482 g/mol. The molecule has 37 heavy (non-hydrogen) atoms. The standard InChI is InChI=1S/C27H34F2N4O4/c1-2-35-6-7-36-8-9-37-17-21(34)11-18-4-3-5-19(10-18)12-25-24(29)16-32-27(33-25)23-15-31-26-22(23)13-20(28)14-30-26/h13-16,18-19H,2-12,17H2,1H3,(H,30,31)/t18-,19+/m1/s1. The molecule has 0 bridgehead atoms. The van der Waals surface area contributed by atoms with Gasteiger partial charge in [0.15, 0.2) is 17.4 Å². The van der Waals surface area contributed by atoms with Crippen LogP contribution in [0, 0.1) is 23.5 Å². The van der Waals surface area contributed by atoms with Crippen molar-refractivity contribution in [2.24, 2.45) is 11.8 Å². The fraction of sp³-hybridized carbons (Fsp3) is 0.556. The van der Waals surface area contributed by atoms with Gasteiger partial charge in [-0.2, -0.15) is 0 Å². The van der Waals surface area contributed by atoms with E-state index in [-0.39, 0.29) is 24.2 Å². The zero-order chi connectivity index (χ0) is 26.0. The van der Waals surface area contributed by atoms with Gasteiger partial charge in [0.25, 0.3) is 0 Å². The number of hydrogen-bond acceptors (Lipinski definition) is 7. The number of pyridine rings is 1. The lowest BCUT2D eigenvalue weighted by Crippen LogP contribution is -2.23. The normalized spacial score (nSPS) is 17.9. The molecule has 0 unspecified atom stereocenters. The summed E-state index contributed by atoms with van der Waals surface area (Å²) in [5.74, 6) is -0.0279. The van der Waals surface area contributed by atoms with Crippen molar-refractivity contribution in [1.82, 2.24) is 19.9 Å². The molecule has 1 N–H and O–H groups in total. The van der Waals surface area contributed by atoms with Gasteiger partial charge in [0.05, 0.1) is 44.5 Å². The first-order chi connectivity index (χ1) is 18.0. The SMILES string of the molecule is CCOCCOCCOCC(=O)C[C@@H]1CCC[C@H](Cc2nc(-c3c[nH]c4ncc(F)cc34)ncc2F)C1. The van der Waals surface area contributed by atoms with Crippen LogP contribution in [0.25, 0.3) is 22.4 Å². The Bertz CT molecular complexity index is 1170. The van der Waals surface area contributed by atoms with Gasteiger partial charge in [0.2, 0.25) is 0 Å². The molecule has 3 heterocycles. The molecule has 1 aliphatic carbocycles. The average molecular weight is 517 g/mol. The van der Waals surface area contributed by atoms with Gasteiger partial charge in [-0.1, -0.05) is 19.3 Å². The predicted octanol–water partition coefficient (Wildman–Crippen LogP) is 4.68. The Labute approximate surface area is 215 Å². The maximum Gasteiger partial charge on any atom is 0.163 e. The van der Waals surface area contributed by atoms with Crippen molar-refractivity contribution in [2.45, 2.75) is 45.4 Å². The molecule has 0 spiro atoms. The highest BCUT2D eigenvalue weighted by atomic mass is 19.1. The first-order valence-electron chi connectivity index (χ1n) is 12.9. The van der Waals surface area contributed by atoms with Gasteiger partial charge in [-0.25, -0.2) is 23.7 Å². The molecular formula is C27H34F2N4O4. The van der Waals surface area contributed by atoms with Gasteiger partial charge in [0, 0.05) is 30.2 Å². The van der Waals surface area contributed by atoms with E-state index in [1.54, 1.807) is 6.20 Å². The van der Waals surface area contributed by atoms with E-state index in [2.05, 4.69) is 19.9 Å². The number of Topliss-reactive ketones (excluding diaryl/α,β-unsaturated/α-hetero) is 1. The van der Waals surface area contributed by atoms with Crippen LogP contribution in [0.5, 0.6) is 0 Å². The minimum Gasteiger partial charge on any atom is -0.379 e. The number of H-pyrrole nitrogens is 1. The first-order valence-corrected chi connectivity index (χ1v) is 12.9. The van der Waals surface area contributed by atoms with Crippen LogP contribution < -0.4 is 0 Å². The topological polar surface area (TPSA) is 99.2 Å². The van der Waals surface area contributed by atoms with Crippen LogP contribution in [0.2, 0.25) is 0 Å². The third-order valence-electron chi connectivity index (χ3n) is 6.66. The van der Waals surface area contributed by atoms with E-state index >= 15 is 0 Å². The predicted molar refractivity (Wildman–Crippen MR) is 134 cm³/mol. The van der Waals surface area contributed by atoms with Crippen LogP contribution in [0.1, 0.15) is 44.7 Å². The quantitative estimate of drug-likeness (QED) is 0.311. The molecule has 1 fully saturated rings. The Morgan fingerprint density at radius 1 is 1.05 bits per heavy atom. The molecule has 3 aromatic heterocycles. The number of halogens is 2. The number of nitrogens with one attached hydrogen (secondary N) is 1.